The number of benzene rings is 1. The van der Waals surface area contributed by atoms with Gasteiger partial charge in [-0.2, -0.15) is 5.10 Å². The molecule has 0 amide bonds. The number of para-hydroxylation sites is 1. The van der Waals surface area contributed by atoms with Gasteiger partial charge in [-0.15, -0.1) is 11.6 Å². The summed E-state index contributed by atoms with van der Waals surface area (Å²) >= 11 is 5.60. The smallest absolute Gasteiger partial charge is 0.216 e. The van der Waals surface area contributed by atoms with Crippen LogP contribution in [0.2, 0.25) is 0 Å². The van der Waals surface area contributed by atoms with E-state index in [1.165, 1.54) is 0 Å². The van der Waals surface area contributed by atoms with Gasteiger partial charge in [0.2, 0.25) is 5.88 Å². The quantitative estimate of drug-likeness (QED) is 0.764. The van der Waals surface area contributed by atoms with Crippen molar-refractivity contribution in [2.45, 2.75) is 6.92 Å². The molecule has 0 N–H and O–H groups in total. The van der Waals surface area contributed by atoms with Gasteiger partial charge in [0.1, 0.15) is 6.61 Å². The molecule has 0 saturated heterocycles. The average molecular weight is 237 g/mol. The van der Waals surface area contributed by atoms with Crippen molar-refractivity contribution in [1.82, 2.24) is 9.78 Å². The first-order chi connectivity index (χ1) is 7.81. The lowest BCUT2D eigenvalue weighted by Gasteiger charge is -2.07. The first kappa shape index (κ1) is 11.0. The molecule has 0 aliphatic rings. The Morgan fingerprint density at radius 1 is 1.31 bits per heavy atom. The van der Waals surface area contributed by atoms with Crippen molar-refractivity contribution in [2.75, 3.05) is 12.5 Å². The van der Waals surface area contributed by atoms with E-state index in [4.69, 9.17) is 16.3 Å². The van der Waals surface area contributed by atoms with Crippen molar-refractivity contribution in [3.05, 3.63) is 42.1 Å². The van der Waals surface area contributed by atoms with Gasteiger partial charge in [-0.25, -0.2) is 4.68 Å². The first-order valence-electron chi connectivity index (χ1n) is 5.12. The first-order valence-corrected chi connectivity index (χ1v) is 5.65. The van der Waals surface area contributed by atoms with E-state index in [1.54, 1.807) is 4.68 Å². The van der Waals surface area contributed by atoms with Gasteiger partial charge in [0.15, 0.2) is 0 Å². The number of aromatic nitrogens is 2. The van der Waals surface area contributed by atoms with Crippen LogP contribution in [0.5, 0.6) is 5.88 Å². The molecular weight excluding hydrogens is 224 g/mol. The second-order valence-electron chi connectivity index (χ2n) is 3.41. The van der Waals surface area contributed by atoms with Gasteiger partial charge in [0.05, 0.1) is 17.3 Å². The minimum absolute atomic E-state index is 0.471. The summed E-state index contributed by atoms with van der Waals surface area (Å²) in [6, 6.07) is 11.8. The van der Waals surface area contributed by atoms with Crippen LogP contribution in [-0.4, -0.2) is 22.3 Å². The summed E-state index contributed by atoms with van der Waals surface area (Å²) in [6.45, 7) is 2.42. The molecular formula is C12H13ClN2O. The van der Waals surface area contributed by atoms with E-state index in [2.05, 4.69) is 5.10 Å². The van der Waals surface area contributed by atoms with Crippen LogP contribution in [-0.2, 0) is 0 Å². The highest BCUT2D eigenvalue weighted by atomic mass is 35.5. The molecule has 1 aromatic heterocycles. The maximum Gasteiger partial charge on any atom is 0.216 e. The fraction of sp³-hybridized carbons (Fsp3) is 0.250. The minimum Gasteiger partial charge on any atom is -0.476 e. The van der Waals surface area contributed by atoms with Gasteiger partial charge in [-0.1, -0.05) is 18.2 Å². The Labute approximate surface area is 99.6 Å². The van der Waals surface area contributed by atoms with Crippen LogP contribution in [0.15, 0.2) is 36.4 Å². The topological polar surface area (TPSA) is 27.1 Å². The zero-order valence-corrected chi connectivity index (χ0v) is 9.81. The van der Waals surface area contributed by atoms with Gasteiger partial charge in [0.25, 0.3) is 0 Å². The van der Waals surface area contributed by atoms with Gasteiger partial charge in [-0.05, 0) is 19.1 Å². The van der Waals surface area contributed by atoms with Gasteiger partial charge in [0, 0.05) is 6.07 Å². The molecule has 0 radical (unpaired) electrons. The van der Waals surface area contributed by atoms with E-state index in [9.17, 15) is 0 Å². The van der Waals surface area contributed by atoms with E-state index in [-0.39, 0.29) is 0 Å². The summed E-state index contributed by atoms with van der Waals surface area (Å²) in [4.78, 5) is 0. The molecule has 84 valence electrons. The van der Waals surface area contributed by atoms with E-state index in [1.807, 2.05) is 43.3 Å². The Hall–Kier alpha value is -1.48. The molecule has 0 saturated carbocycles. The van der Waals surface area contributed by atoms with E-state index >= 15 is 0 Å². The molecule has 1 heterocycles. The zero-order valence-electron chi connectivity index (χ0n) is 9.06. The lowest BCUT2D eigenvalue weighted by molar-refractivity contribution is 0.319. The third-order valence-corrected chi connectivity index (χ3v) is 2.28. The second kappa shape index (κ2) is 5.03. The average Bonchev–Trinajstić information content (AvgIpc) is 2.69. The number of nitrogens with zero attached hydrogens (tertiary/aromatic N) is 2. The summed E-state index contributed by atoms with van der Waals surface area (Å²) < 4.78 is 7.31. The number of ether oxygens (including phenoxy) is 1. The van der Waals surface area contributed by atoms with E-state index in [0.717, 1.165) is 17.3 Å². The highest BCUT2D eigenvalue weighted by molar-refractivity contribution is 6.17. The highest BCUT2D eigenvalue weighted by Gasteiger charge is 2.07. The summed E-state index contributed by atoms with van der Waals surface area (Å²) in [5, 5.41) is 4.38. The molecule has 2 aromatic rings. The Morgan fingerprint density at radius 2 is 2.06 bits per heavy atom. The molecule has 3 nitrogen and oxygen atoms in total. The Balaban J connectivity index is 2.33. The number of alkyl halides is 1. The number of aryl methyl sites for hydroxylation is 1. The fourth-order valence-corrected chi connectivity index (χ4v) is 1.55. The normalized spacial score (nSPS) is 10.4. The Bertz CT molecular complexity index is 453. The highest BCUT2D eigenvalue weighted by Crippen LogP contribution is 2.18. The molecule has 0 atom stereocenters. The molecule has 0 fully saturated rings. The third-order valence-electron chi connectivity index (χ3n) is 2.13. The molecule has 0 aliphatic heterocycles. The Morgan fingerprint density at radius 3 is 2.75 bits per heavy atom. The summed E-state index contributed by atoms with van der Waals surface area (Å²) in [6.07, 6.45) is 0. The maximum atomic E-state index is 5.60. The van der Waals surface area contributed by atoms with Crippen LogP contribution >= 0.6 is 11.6 Å². The van der Waals surface area contributed by atoms with Crippen LogP contribution in [0, 0.1) is 6.92 Å². The second-order valence-corrected chi connectivity index (χ2v) is 3.79. The molecule has 0 aliphatic carbocycles. The van der Waals surface area contributed by atoms with Gasteiger partial charge >= 0.3 is 0 Å². The van der Waals surface area contributed by atoms with Gasteiger partial charge < -0.3 is 4.74 Å². The maximum absolute atomic E-state index is 5.60. The van der Waals surface area contributed by atoms with Crippen molar-refractivity contribution in [1.29, 1.82) is 0 Å². The van der Waals surface area contributed by atoms with Crippen LogP contribution in [0.4, 0.5) is 0 Å². The monoisotopic (exact) mass is 236 g/mol. The molecule has 0 bridgehead atoms. The lowest BCUT2D eigenvalue weighted by Crippen LogP contribution is -2.04. The Kier molecular flexibility index (Phi) is 3.47. The van der Waals surface area contributed by atoms with Crippen LogP contribution in [0.3, 0.4) is 0 Å². The molecule has 16 heavy (non-hydrogen) atoms. The molecule has 1 aromatic carbocycles. The number of halogens is 1. The minimum atomic E-state index is 0.471. The van der Waals surface area contributed by atoms with Crippen LogP contribution in [0.25, 0.3) is 5.69 Å². The number of hydrogen-bond acceptors (Lipinski definition) is 2. The molecule has 0 unspecified atom stereocenters. The van der Waals surface area contributed by atoms with Crippen molar-refractivity contribution < 1.29 is 4.74 Å². The third kappa shape index (κ3) is 2.36. The number of hydrogen-bond donors (Lipinski definition) is 0. The van der Waals surface area contributed by atoms with Crippen LogP contribution in [0.1, 0.15) is 5.69 Å². The van der Waals surface area contributed by atoms with Crippen molar-refractivity contribution >= 4 is 11.6 Å². The summed E-state index contributed by atoms with van der Waals surface area (Å²) in [7, 11) is 0. The van der Waals surface area contributed by atoms with Crippen molar-refractivity contribution in [3.8, 4) is 11.6 Å². The van der Waals surface area contributed by atoms with Crippen molar-refractivity contribution in [2.24, 2.45) is 0 Å². The molecule has 4 heteroatoms. The number of rotatable bonds is 4. The fourth-order valence-electron chi connectivity index (χ4n) is 1.48. The predicted molar refractivity (Wildman–Crippen MR) is 64.5 cm³/mol. The van der Waals surface area contributed by atoms with Crippen molar-refractivity contribution in [3.63, 3.8) is 0 Å². The molecule has 0 spiro atoms. The SMILES string of the molecule is Cc1cc(OCCCl)n(-c2ccccc2)n1. The van der Waals surface area contributed by atoms with Crippen LogP contribution < -0.4 is 4.74 Å². The molecule has 2 rings (SSSR count). The predicted octanol–water partition coefficient (Wildman–Crippen LogP) is 2.80. The largest absolute Gasteiger partial charge is 0.476 e. The van der Waals surface area contributed by atoms with E-state index in [0.29, 0.717) is 12.5 Å². The lowest BCUT2D eigenvalue weighted by atomic mass is 10.3. The van der Waals surface area contributed by atoms with E-state index < -0.39 is 0 Å². The summed E-state index contributed by atoms with van der Waals surface area (Å²) in [5.41, 5.74) is 1.91. The zero-order chi connectivity index (χ0) is 11.4. The standard InChI is InChI=1S/C12H13ClN2O/c1-10-9-12(16-8-7-13)15(14-10)11-5-3-2-4-6-11/h2-6,9H,7-8H2,1H3. The van der Waals surface area contributed by atoms with Gasteiger partial charge in [-0.3, -0.25) is 0 Å². The summed E-state index contributed by atoms with van der Waals surface area (Å²) in [5.74, 6) is 1.20.